The van der Waals surface area contributed by atoms with Crippen molar-refractivity contribution in [2.24, 2.45) is 0 Å². The van der Waals surface area contributed by atoms with Gasteiger partial charge in [0.15, 0.2) is 5.82 Å². The highest BCUT2D eigenvalue weighted by atomic mass is 35.5. The van der Waals surface area contributed by atoms with Gasteiger partial charge < -0.3 is 14.5 Å². The third-order valence-electron chi connectivity index (χ3n) is 5.26. The molecule has 1 fully saturated rings. The molecule has 7 heteroatoms. The molecule has 3 heterocycles. The van der Waals surface area contributed by atoms with Crippen LogP contribution < -0.4 is 4.90 Å². The topological polar surface area (TPSA) is 58.6 Å². The van der Waals surface area contributed by atoms with Gasteiger partial charge in [-0.3, -0.25) is 4.79 Å². The summed E-state index contributed by atoms with van der Waals surface area (Å²) in [5.41, 5.74) is 3.06. The average Bonchev–Trinajstić information content (AvgIpc) is 2.72. The SMILES string of the molecule is C[C@@H]1CN(c2nc(-c3ccccc3)nc3c2CN(C(=O)CCl)CC3)C[C@@H](C)O1. The van der Waals surface area contributed by atoms with Crippen molar-refractivity contribution in [1.29, 1.82) is 0 Å². The van der Waals surface area contributed by atoms with Gasteiger partial charge in [0.1, 0.15) is 11.7 Å². The molecule has 0 N–H and O–H groups in total. The lowest BCUT2D eigenvalue weighted by atomic mass is 10.0. The second-order valence-corrected chi connectivity index (χ2v) is 7.79. The van der Waals surface area contributed by atoms with Crippen LogP contribution in [0.25, 0.3) is 11.4 Å². The molecule has 1 saturated heterocycles. The van der Waals surface area contributed by atoms with Crippen LogP contribution in [0.2, 0.25) is 0 Å². The molecule has 0 bridgehead atoms. The van der Waals surface area contributed by atoms with Gasteiger partial charge in [0.2, 0.25) is 5.91 Å². The maximum Gasteiger partial charge on any atom is 0.237 e. The van der Waals surface area contributed by atoms with Gasteiger partial charge in [0, 0.05) is 37.2 Å². The highest BCUT2D eigenvalue weighted by Gasteiger charge is 2.30. The van der Waals surface area contributed by atoms with Gasteiger partial charge in [-0.2, -0.15) is 0 Å². The zero-order valence-corrected chi connectivity index (χ0v) is 17.0. The molecule has 0 saturated carbocycles. The molecule has 1 aromatic heterocycles. The standard InChI is InChI=1S/C21H25ClN4O2/c1-14-11-26(12-15(2)28-14)21-17-13-25(19(27)10-22)9-8-18(17)23-20(24-21)16-6-4-3-5-7-16/h3-7,14-15H,8-13H2,1-2H3/t14-,15-/m1/s1. The number of nitrogens with zero attached hydrogens (tertiary/aromatic N) is 4. The number of morpholine rings is 1. The van der Waals surface area contributed by atoms with Crippen LogP contribution in [-0.2, 0) is 22.5 Å². The largest absolute Gasteiger partial charge is 0.372 e. The van der Waals surface area contributed by atoms with Gasteiger partial charge in [-0.1, -0.05) is 30.3 Å². The van der Waals surface area contributed by atoms with Crippen LogP contribution in [0.15, 0.2) is 30.3 Å². The Kier molecular flexibility index (Phi) is 5.51. The summed E-state index contributed by atoms with van der Waals surface area (Å²) in [4.78, 5) is 26.1. The minimum atomic E-state index is -0.0471. The van der Waals surface area contributed by atoms with Crippen molar-refractivity contribution >= 4 is 23.3 Å². The first kappa shape index (κ1) is 19.2. The van der Waals surface area contributed by atoms with Crippen molar-refractivity contribution in [2.45, 2.75) is 39.0 Å². The van der Waals surface area contributed by atoms with Crippen molar-refractivity contribution in [3.63, 3.8) is 0 Å². The molecule has 148 valence electrons. The highest BCUT2D eigenvalue weighted by molar-refractivity contribution is 6.27. The number of rotatable bonds is 3. The number of halogens is 1. The summed E-state index contributed by atoms with van der Waals surface area (Å²) in [6.45, 7) is 6.84. The maximum atomic E-state index is 12.2. The summed E-state index contributed by atoms with van der Waals surface area (Å²) in [5.74, 6) is 1.60. The zero-order valence-electron chi connectivity index (χ0n) is 16.3. The monoisotopic (exact) mass is 400 g/mol. The fourth-order valence-corrected chi connectivity index (χ4v) is 4.19. The number of ether oxygens (including phenoxy) is 1. The predicted molar refractivity (Wildman–Crippen MR) is 110 cm³/mol. The smallest absolute Gasteiger partial charge is 0.237 e. The molecule has 0 radical (unpaired) electrons. The normalized spacial score (nSPS) is 22.1. The molecule has 2 aromatic rings. The van der Waals surface area contributed by atoms with E-state index in [0.717, 1.165) is 41.6 Å². The number of fused-ring (bicyclic) bond motifs is 1. The van der Waals surface area contributed by atoms with Crippen molar-refractivity contribution in [1.82, 2.24) is 14.9 Å². The lowest BCUT2D eigenvalue weighted by Crippen LogP contribution is -2.47. The molecule has 2 aliphatic rings. The first-order chi connectivity index (χ1) is 13.5. The summed E-state index contributed by atoms with van der Waals surface area (Å²) in [7, 11) is 0. The Labute approximate surface area is 170 Å². The van der Waals surface area contributed by atoms with Crippen LogP contribution in [0, 0.1) is 0 Å². The molecule has 2 aliphatic heterocycles. The third kappa shape index (κ3) is 3.84. The number of aromatic nitrogens is 2. The summed E-state index contributed by atoms with van der Waals surface area (Å²) >= 11 is 5.79. The number of anilines is 1. The van der Waals surface area contributed by atoms with Crippen LogP contribution in [0.3, 0.4) is 0 Å². The number of hydrogen-bond acceptors (Lipinski definition) is 5. The Balaban J connectivity index is 1.78. The van der Waals surface area contributed by atoms with Crippen molar-refractivity contribution < 1.29 is 9.53 Å². The summed E-state index contributed by atoms with van der Waals surface area (Å²) in [5, 5.41) is 0. The molecular formula is C21H25ClN4O2. The Morgan fingerprint density at radius 1 is 1.18 bits per heavy atom. The van der Waals surface area contributed by atoms with E-state index >= 15 is 0 Å². The molecule has 28 heavy (non-hydrogen) atoms. The van der Waals surface area contributed by atoms with Crippen LogP contribution >= 0.6 is 11.6 Å². The second kappa shape index (κ2) is 8.05. The Morgan fingerprint density at radius 2 is 1.89 bits per heavy atom. The lowest BCUT2D eigenvalue weighted by Gasteiger charge is -2.38. The van der Waals surface area contributed by atoms with Gasteiger partial charge in [-0.25, -0.2) is 9.97 Å². The Bertz CT molecular complexity index is 851. The fraction of sp³-hybridized carbons (Fsp3) is 0.476. The summed E-state index contributed by atoms with van der Waals surface area (Å²) < 4.78 is 5.91. The maximum absolute atomic E-state index is 12.2. The van der Waals surface area contributed by atoms with Crippen molar-refractivity contribution in [3.8, 4) is 11.4 Å². The van der Waals surface area contributed by atoms with E-state index in [1.54, 1.807) is 4.90 Å². The summed E-state index contributed by atoms with van der Waals surface area (Å²) in [6.07, 6.45) is 0.959. The summed E-state index contributed by atoms with van der Waals surface area (Å²) in [6, 6.07) is 10.0. The van der Waals surface area contributed by atoms with Crippen molar-refractivity contribution in [3.05, 3.63) is 41.6 Å². The van der Waals surface area contributed by atoms with Gasteiger partial charge in [-0.15, -0.1) is 11.6 Å². The molecular weight excluding hydrogens is 376 g/mol. The molecule has 1 amide bonds. The molecule has 0 aliphatic carbocycles. The molecule has 0 spiro atoms. The van der Waals surface area contributed by atoms with Gasteiger partial charge in [0.25, 0.3) is 0 Å². The lowest BCUT2D eigenvalue weighted by molar-refractivity contribution is -0.129. The zero-order chi connectivity index (χ0) is 19.7. The van der Waals surface area contributed by atoms with Crippen LogP contribution in [0.5, 0.6) is 0 Å². The first-order valence-electron chi connectivity index (χ1n) is 9.74. The quantitative estimate of drug-likeness (QED) is 0.741. The highest BCUT2D eigenvalue weighted by Crippen LogP contribution is 2.31. The number of hydrogen-bond donors (Lipinski definition) is 0. The molecule has 6 nitrogen and oxygen atoms in total. The minimum absolute atomic E-state index is 0.000749. The van der Waals surface area contributed by atoms with Crippen molar-refractivity contribution in [2.75, 3.05) is 30.4 Å². The van der Waals surface area contributed by atoms with E-state index in [-0.39, 0.29) is 24.0 Å². The third-order valence-corrected chi connectivity index (χ3v) is 5.49. The van der Waals surface area contributed by atoms with E-state index in [9.17, 15) is 4.79 Å². The number of amides is 1. The molecule has 0 unspecified atom stereocenters. The average molecular weight is 401 g/mol. The van der Waals surface area contributed by atoms with Gasteiger partial charge in [0.05, 0.1) is 24.4 Å². The molecule has 4 rings (SSSR count). The minimum Gasteiger partial charge on any atom is -0.372 e. The molecule has 1 aromatic carbocycles. The Hall–Kier alpha value is -2.18. The van der Waals surface area contributed by atoms with E-state index in [0.29, 0.717) is 19.5 Å². The van der Waals surface area contributed by atoms with E-state index in [1.807, 2.05) is 30.3 Å². The predicted octanol–water partition coefficient (Wildman–Crippen LogP) is 2.88. The van der Waals surface area contributed by atoms with E-state index in [4.69, 9.17) is 26.3 Å². The molecule has 2 atom stereocenters. The van der Waals surface area contributed by atoms with Gasteiger partial charge >= 0.3 is 0 Å². The number of carbonyl (C=O) groups excluding carboxylic acids is 1. The number of carbonyl (C=O) groups is 1. The van der Waals surface area contributed by atoms with Crippen LogP contribution in [0.4, 0.5) is 5.82 Å². The van der Waals surface area contributed by atoms with E-state index < -0.39 is 0 Å². The number of benzene rings is 1. The fourth-order valence-electron chi connectivity index (χ4n) is 4.02. The number of alkyl halides is 1. The van der Waals surface area contributed by atoms with Crippen LogP contribution in [0.1, 0.15) is 25.1 Å². The van der Waals surface area contributed by atoms with Gasteiger partial charge in [-0.05, 0) is 13.8 Å². The van der Waals surface area contributed by atoms with E-state index in [2.05, 4.69) is 18.7 Å². The second-order valence-electron chi connectivity index (χ2n) is 7.52. The van der Waals surface area contributed by atoms with Crippen LogP contribution in [-0.4, -0.2) is 58.5 Å². The van der Waals surface area contributed by atoms with E-state index in [1.165, 1.54) is 0 Å². The first-order valence-corrected chi connectivity index (χ1v) is 10.3. The Morgan fingerprint density at radius 3 is 2.57 bits per heavy atom.